The van der Waals surface area contributed by atoms with E-state index in [1.807, 2.05) is 0 Å². The summed E-state index contributed by atoms with van der Waals surface area (Å²) in [7, 11) is 0. The number of halogens is 3. The molecule has 158 valence electrons. The smallest absolute Gasteiger partial charge is 0.408 e. The predicted octanol–water partition coefficient (Wildman–Crippen LogP) is 3.79. The van der Waals surface area contributed by atoms with E-state index in [0.29, 0.717) is 36.3 Å². The van der Waals surface area contributed by atoms with E-state index < -0.39 is 17.5 Å². The second-order valence-corrected chi connectivity index (χ2v) is 7.41. The zero-order valence-electron chi connectivity index (χ0n) is 16.0. The standard InChI is InChI=1S/C21H20F3N3O3/c22-21(23,24)15-2-4-16(5-3-15)27-9-7-13(8-10-27)12-25-19(28)14-1-6-17-18(11-14)30-20(29)26-17/h1-6,11,13H,7-10,12H2,(H,25,28)(H,26,29). The van der Waals surface area contributed by atoms with Crippen molar-refractivity contribution >= 4 is 22.7 Å². The third-order valence-electron chi connectivity index (χ3n) is 5.41. The van der Waals surface area contributed by atoms with Crippen LogP contribution in [0.3, 0.4) is 0 Å². The minimum absolute atomic E-state index is 0.245. The molecule has 1 aliphatic rings. The van der Waals surface area contributed by atoms with Gasteiger partial charge in [0.2, 0.25) is 0 Å². The van der Waals surface area contributed by atoms with E-state index >= 15 is 0 Å². The van der Waals surface area contributed by atoms with Crippen LogP contribution in [0.25, 0.3) is 11.1 Å². The SMILES string of the molecule is O=C(NCC1CCN(c2ccc(C(F)(F)F)cc2)CC1)c1ccc2[nH]c(=O)oc2c1. The van der Waals surface area contributed by atoms with Crippen molar-refractivity contribution in [2.45, 2.75) is 19.0 Å². The topological polar surface area (TPSA) is 78.3 Å². The van der Waals surface area contributed by atoms with Gasteiger partial charge in [0.25, 0.3) is 5.91 Å². The van der Waals surface area contributed by atoms with Gasteiger partial charge in [0.05, 0.1) is 11.1 Å². The Morgan fingerprint density at radius 2 is 1.83 bits per heavy atom. The molecule has 0 spiro atoms. The molecule has 1 aliphatic heterocycles. The van der Waals surface area contributed by atoms with Gasteiger partial charge < -0.3 is 14.6 Å². The van der Waals surface area contributed by atoms with E-state index in [9.17, 15) is 22.8 Å². The number of hydrogen-bond acceptors (Lipinski definition) is 4. The molecule has 2 N–H and O–H groups in total. The number of piperidine rings is 1. The lowest BCUT2D eigenvalue weighted by Crippen LogP contribution is -2.38. The number of amides is 1. The van der Waals surface area contributed by atoms with Crippen molar-refractivity contribution in [3.63, 3.8) is 0 Å². The number of rotatable bonds is 4. The van der Waals surface area contributed by atoms with Crippen LogP contribution in [0.2, 0.25) is 0 Å². The van der Waals surface area contributed by atoms with E-state index in [4.69, 9.17) is 4.42 Å². The number of aromatic nitrogens is 1. The molecule has 1 aromatic heterocycles. The highest BCUT2D eigenvalue weighted by atomic mass is 19.4. The van der Waals surface area contributed by atoms with Crippen LogP contribution in [0.15, 0.2) is 51.7 Å². The monoisotopic (exact) mass is 419 g/mol. The average molecular weight is 419 g/mol. The first-order valence-corrected chi connectivity index (χ1v) is 9.63. The van der Waals surface area contributed by atoms with Crippen molar-refractivity contribution in [3.05, 3.63) is 64.1 Å². The maximum absolute atomic E-state index is 12.7. The summed E-state index contributed by atoms with van der Waals surface area (Å²) in [6.07, 6.45) is -2.68. The third-order valence-corrected chi connectivity index (χ3v) is 5.41. The number of carbonyl (C=O) groups excluding carboxylic acids is 1. The first kappa shape index (κ1) is 20.1. The van der Waals surface area contributed by atoms with Gasteiger partial charge in [-0.25, -0.2) is 4.79 Å². The molecule has 0 saturated carbocycles. The van der Waals surface area contributed by atoms with Gasteiger partial charge in [-0.05, 0) is 61.2 Å². The first-order valence-electron chi connectivity index (χ1n) is 9.63. The molecule has 1 amide bonds. The van der Waals surface area contributed by atoms with Crippen LogP contribution in [-0.4, -0.2) is 30.5 Å². The van der Waals surface area contributed by atoms with Crippen LogP contribution in [0.5, 0.6) is 0 Å². The van der Waals surface area contributed by atoms with Crippen LogP contribution in [0.4, 0.5) is 18.9 Å². The summed E-state index contributed by atoms with van der Waals surface area (Å²) >= 11 is 0. The third kappa shape index (κ3) is 4.34. The number of nitrogens with one attached hydrogen (secondary N) is 2. The molecule has 6 nitrogen and oxygen atoms in total. The Morgan fingerprint density at radius 1 is 1.13 bits per heavy atom. The summed E-state index contributed by atoms with van der Waals surface area (Å²) in [5.74, 6) is -0.526. The quantitative estimate of drug-likeness (QED) is 0.675. The van der Waals surface area contributed by atoms with Gasteiger partial charge in [-0.1, -0.05) is 0 Å². The fourth-order valence-corrected chi connectivity index (χ4v) is 3.68. The molecule has 0 bridgehead atoms. The fourth-order valence-electron chi connectivity index (χ4n) is 3.68. The first-order chi connectivity index (χ1) is 14.3. The van der Waals surface area contributed by atoms with Crippen LogP contribution in [0, 0.1) is 5.92 Å². The molecule has 1 fully saturated rings. The number of anilines is 1. The van der Waals surface area contributed by atoms with E-state index in [-0.39, 0.29) is 11.8 Å². The summed E-state index contributed by atoms with van der Waals surface area (Å²) in [6.45, 7) is 1.94. The molecular weight excluding hydrogens is 399 g/mol. The lowest BCUT2D eigenvalue weighted by atomic mass is 9.96. The maximum atomic E-state index is 12.7. The predicted molar refractivity (Wildman–Crippen MR) is 106 cm³/mol. The lowest BCUT2D eigenvalue weighted by molar-refractivity contribution is -0.137. The summed E-state index contributed by atoms with van der Waals surface area (Å²) in [5, 5.41) is 2.91. The van der Waals surface area contributed by atoms with Gasteiger partial charge in [0, 0.05) is 30.9 Å². The van der Waals surface area contributed by atoms with Crippen molar-refractivity contribution < 1.29 is 22.4 Å². The number of aromatic amines is 1. The van der Waals surface area contributed by atoms with Crippen molar-refractivity contribution in [3.8, 4) is 0 Å². The van der Waals surface area contributed by atoms with E-state index in [1.165, 1.54) is 18.2 Å². The molecule has 4 rings (SSSR count). The molecular formula is C21H20F3N3O3. The molecule has 1 saturated heterocycles. The Kier molecular flexibility index (Phi) is 5.27. The van der Waals surface area contributed by atoms with Gasteiger partial charge in [0.1, 0.15) is 0 Å². The number of alkyl halides is 3. The van der Waals surface area contributed by atoms with E-state index in [2.05, 4.69) is 15.2 Å². The number of fused-ring (bicyclic) bond motifs is 1. The number of benzene rings is 2. The number of carbonyl (C=O) groups is 1. The summed E-state index contributed by atoms with van der Waals surface area (Å²) in [5.41, 5.74) is 1.39. The largest absolute Gasteiger partial charge is 0.417 e. The summed E-state index contributed by atoms with van der Waals surface area (Å²) in [6, 6.07) is 9.97. The van der Waals surface area contributed by atoms with Gasteiger partial charge in [-0.2, -0.15) is 13.2 Å². The zero-order valence-corrected chi connectivity index (χ0v) is 16.0. The molecule has 2 heterocycles. The number of hydrogen-bond donors (Lipinski definition) is 2. The Balaban J connectivity index is 1.29. The highest BCUT2D eigenvalue weighted by Gasteiger charge is 2.30. The normalized spacial score (nSPS) is 15.5. The van der Waals surface area contributed by atoms with Gasteiger partial charge >= 0.3 is 11.9 Å². The average Bonchev–Trinajstić information content (AvgIpc) is 3.11. The highest BCUT2D eigenvalue weighted by Crippen LogP contribution is 2.31. The van der Waals surface area contributed by atoms with Crippen molar-refractivity contribution in [2.75, 3.05) is 24.5 Å². The number of oxazole rings is 1. The minimum Gasteiger partial charge on any atom is -0.408 e. The lowest BCUT2D eigenvalue weighted by Gasteiger charge is -2.33. The zero-order chi connectivity index (χ0) is 21.3. The summed E-state index contributed by atoms with van der Waals surface area (Å²) in [4.78, 5) is 28.2. The Hall–Kier alpha value is -3.23. The van der Waals surface area contributed by atoms with E-state index in [0.717, 1.165) is 30.7 Å². The van der Waals surface area contributed by atoms with Crippen LogP contribution >= 0.6 is 0 Å². The van der Waals surface area contributed by atoms with Crippen LogP contribution in [0.1, 0.15) is 28.8 Å². The van der Waals surface area contributed by atoms with Crippen molar-refractivity contribution in [1.82, 2.24) is 10.3 Å². The highest BCUT2D eigenvalue weighted by molar-refractivity contribution is 5.96. The van der Waals surface area contributed by atoms with Crippen molar-refractivity contribution in [1.29, 1.82) is 0 Å². The second kappa shape index (κ2) is 7.89. The van der Waals surface area contributed by atoms with Crippen LogP contribution < -0.4 is 16.0 Å². The molecule has 3 aromatic rings. The molecule has 2 aromatic carbocycles. The number of H-pyrrole nitrogens is 1. The summed E-state index contributed by atoms with van der Waals surface area (Å²) < 4.78 is 43.1. The second-order valence-electron chi connectivity index (χ2n) is 7.41. The molecule has 0 atom stereocenters. The Bertz CT molecular complexity index is 1090. The Labute approximate surface area is 169 Å². The molecule has 30 heavy (non-hydrogen) atoms. The molecule has 9 heteroatoms. The minimum atomic E-state index is -4.33. The van der Waals surface area contributed by atoms with Gasteiger partial charge in [0.15, 0.2) is 5.58 Å². The van der Waals surface area contributed by atoms with Crippen LogP contribution in [-0.2, 0) is 6.18 Å². The van der Waals surface area contributed by atoms with Crippen molar-refractivity contribution in [2.24, 2.45) is 5.92 Å². The molecule has 0 aliphatic carbocycles. The van der Waals surface area contributed by atoms with Gasteiger partial charge in [-0.15, -0.1) is 0 Å². The fraction of sp³-hybridized carbons (Fsp3) is 0.333. The maximum Gasteiger partial charge on any atom is 0.417 e. The molecule has 0 unspecified atom stereocenters. The Morgan fingerprint density at radius 3 is 2.50 bits per heavy atom. The van der Waals surface area contributed by atoms with E-state index in [1.54, 1.807) is 12.1 Å². The molecule has 0 radical (unpaired) electrons. The number of nitrogens with zero attached hydrogens (tertiary/aromatic N) is 1. The van der Waals surface area contributed by atoms with Gasteiger partial charge in [-0.3, -0.25) is 9.78 Å².